The van der Waals surface area contributed by atoms with Gasteiger partial charge in [-0.05, 0) is 165 Å². The Morgan fingerprint density at radius 3 is 0.740 bits per heavy atom. The number of rotatable bonds is 13. The first-order valence-corrected chi connectivity index (χ1v) is 23.3. The maximum Gasteiger partial charge on any atom is 0.447 e. The van der Waals surface area contributed by atoms with Crippen LogP contribution < -0.4 is 0 Å². The predicted molar refractivity (Wildman–Crippen MR) is 225 cm³/mol. The Morgan fingerprint density at radius 1 is 0.400 bits per heavy atom. The van der Waals surface area contributed by atoms with Gasteiger partial charge in [-0.15, -0.1) is 4.67 Å². The number of nitrogens with zero attached hydrogens (tertiary/aromatic N) is 13. The van der Waals surface area contributed by atoms with E-state index >= 15 is 0 Å². The predicted octanol–water partition coefficient (Wildman–Crippen LogP) is 3.79. The van der Waals surface area contributed by atoms with E-state index in [4.69, 9.17) is 14.3 Å². The summed E-state index contributed by atoms with van der Waals surface area (Å²) in [7, 11) is 39.3. The zero-order valence-corrected chi connectivity index (χ0v) is 38.9. The lowest BCUT2D eigenvalue weighted by Gasteiger charge is -2.44. The highest BCUT2D eigenvalue weighted by molar-refractivity contribution is 7.81. The molecule has 0 radical (unpaired) electrons. The van der Waals surface area contributed by atoms with Gasteiger partial charge < -0.3 is 5.48 Å². The highest BCUT2D eigenvalue weighted by Gasteiger charge is 2.61. The summed E-state index contributed by atoms with van der Waals surface area (Å²) in [5.41, 5.74) is 2.71. The van der Waals surface area contributed by atoms with E-state index in [2.05, 4.69) is 189 Å². The first-order chi connectivity index (χ1) is 22.5. The minimum absolute atomic E-state index is 0. The van der Waals surface area contributed by atoms with Crippen LogP contribution in [0.4, 0.5) is 0 Å². The molecule has 3 unspecified atom stereocenters. The SMILES string of the molecule is CN(C)P1CCC(N(C)C)(N(C)C)C1=N[P+](N=C1P(N(C)C)CCC1(N(C)C)N(C)C)(N=C1P(N(C)C)CCC1(N(C)C)N(C)C)N(C)C.[OH-]. The zero-order valence-electron chi connectivity index (χ0n) is 35.3. The van der Waals surface area contributed by atoms with Crippen LogP contribution in [-0.4, -0.2) is 246 Å². The maximum atomic E-state index is 6.18. The Bertz CT molecular complexity index is 1070. The summed E-state index contributed by atoms with van der Waals surface area (Å²) in [5, 5.41) is 0. The number of hydrogen-bond donors (Lipinski definition) is 0. The summed E-state index contributed by atoms with van der Waals surface area (Å²) in [6.07, 6.45) is 6.32. The second-order valence-corrected chi connectivity index (χ2v) is 25.5. The summed E-state index contributed by atoms with van der Waals surface area (Å²) in [6, 6.07) is 0. The van der Waals surface area contributed by atoms with Crippen LogP contribution in [0.3, 0.4) is 0 Å². The third-order valence-electron chi connectivity index (χ3n) is 10.9. The second-order valence-electron chi connectivity index (χ2n) is 15.6. The van der Waals surface area contributed by atoms with Gasteiger partial charge in [0.25, 0.3) is 0 Å². The van der Waals surface area contributed by atoms with E-state index in [0.29, 0.717) is 0 Å². The minimum atomic E-state index is -3.02. The third kappa shape index (κ3) is 7.85. The van der Waals surface area contributed by atoms with E-state index < -0.39 is 32.1 Å². The quantitative estimate of drug-likeness (QED) is 0.202. The molecule has 18 heteroatoms. The monoisotopic (exact) mass is 780 g/mol. The van der Waals surface area contributed by atoms with Crippen LogP contribution in [0, 0.1) is 0 Å². The second kappa shape index (κ2) is 17.4. The van der Waals surface area contributed by atoms with Gasteiger partial charge in [-0.1, -0.05) is 14.3 Å². The molecular weight excluding hydrogens is 706 g/mol. The van der Waals surface area contributed by atoms with Gasteiger partial charge in [-0.3, -0.25) is 43.4 Å². The molecule has 0 aromatic carbocycles. The topological polar surface area (TPSA) is 99.5 Å². The van der Waals surface area contributed by atoms with Gasteiger partial charge in [0.15, 0.2) is 0 Å². The molecule has 0 spiro atoms. The van der Waals surface area contributed by atoms with Gasteiger partial charge in [0.05, 0.1) is 0 Å². The molecule has 14 nitrogen and oxygen atoms in total. The summed E-state index contributed by atoms with van der Waals surface area (Å²) < 4.78 is 28.1. The van der Waals surface area contributed by atoms with Gasteiger partial charge in [0.2, 0.25) is 0 Å². The van der Waals surface area contributed by atoms with Crippen molar-refractivity contribution in [1.82, 2.24) is 48.1 Å². The first-order valence-electron chi connectivity index (χ1n) is 17.3. The lowest BCUT2D eigenvalue weighted by Crippen LogP contribution is -2.59. The van der Waals surface area contributed by atoms with Gasteiger partial charge >= 0.3 is 7.87 Å². The molecule has 3 aliphatic rings. The highest BCUT2D eigenvalue weighted by atomic mass is 31.2. The van der Waals surface area contributed by atoms with E-state index in [1.165, 1.54) is 16.4 Å². The Balaban J connectivity index is 0.00000867. The molecule has 3 aliphatic heterocycles. The van der Waals surface area contributed by atoms with Crippen molar-refractivity contribution < 1.29 is 5.48 Å². The average Bonchev–Trinajstić information content (AvgIpc) is 3.66. The summed E-state index contributed by atoms with van der Waals surface area (Å²) in [4.78, 5) is 14.3. The lowest BCUT2D eigenvalue weighted by atomic mass is 10.1. The van der Waals surface area contributed by atoms with E-state index in [1.54, 1.807) is 0 Å². The molecule has 1 N–H and O–H groups in total. The van der Waals surface area contributed by atoms with Crippen LogP contribution in [0.15, 0.2) is 14.3 Å². The molecule has 0 aromatic heterocycles. The Morgan fingerprint density at radius 2 is 0.600 bits per heavy atom. The van der Waals surface area contributed by atoms with Crippen LogP contribution in [-0.2, 0) is 0 Å². The molecule has 292 valence electrons. The van der Waals surface area contributed by atoms with Crippen molar-refractivity contribution in [3.63, 3.8) is 0 Å². The van der Waals surface area contributed by atoms with Gasteiger partial charge in [-0.25, -0.2) is 0 Å². The maximum absolute atomic E-state index is 6.18. The average molecular weight is 780 g/mol. The van der Waals surface area contributed by atoms with Crippen molar-refractivity contribution in [2.24, 2.45) is 14.3 Å². The molecule has 50 heavy (non-hydrogen) atoms. The summed E-state index contributed by atoms with van der Waals surface area (Å²) in [6.45, 7) is 0. The van der Waals surface area contributed by atoms with Crippen molar-refractivity contribution in [3.8, 4) is 0 Å². The van der Waals surface area contributed by atoms with Crippen molar-refractivity contribution in [2.75, 3.05) is 159 Å². The molecule has 0 aromatic rings. The fourth-order valence-corrected chi connectivity index (χ4v) is 19.6. The minimum Gasteiger partial charge on any atom is -0.870 e. The summed E-state index contributed by atoms with van der Waals surface area (Å²) >= 11 is 0. The lowest BCUT2D eigenvalue weighted by molar-refractivity contribution is 0.0731. The van der Waals surface area contributed by atoms with E-state index in [-0.39, 0.29) is 22.5 Å². The molecule has 0 saturated carbocycles. The normalized spacial score (nSPS) is 28.9. The standard InChI is InChI=1S/C32H72N13P4.H2O/c1-36(2)30(37(3)4)21-24-46(42(13)14)27(30)33-49(45(19)20,34-28-31(38(5)6,39(7)8)22-25-47(28)43(15)16)35-29-32(40(9)10,41(11)12)23-26-48(29)44(17)18;/h21-26H2,1-20H3;1H2/q+1;/p-1. The van der Waals surface area contributed by atoms with Crippen LogP contribution in [0.1, 0.15) is 19.3 Å². The van der Waals surface area contributed by atoms with E-state index in [9.17, 15) is 0 Å². The molecular formula is C32H73N13OP4. The van der Waals surface area contributed by atoms with Crippen molar-refractivity contribution in [1.29, 1.82) is 0 Å². The third-order valence-corrected chi connectivity index (χ3v) is 21.6. The summed E-state index contributed by atoms with van der Waals surface area (Å²) in [5.74, 6) is 0. The molecule has 0 aliphatic carbocycles. The smallest absolute Gasteiger partial charge is 0.447 e. The highest BCUT2D eigenvalue weighted by Crippen LogP contribution is 2.73. The first kappa shape index (κ1) is 46.4. The molecule has 0 bridgehead atoms. The van der Waals surface area contributed by atoms with Crippen LogP contribution in [0.5, 0.6) is 0 Å². The molecule has 3 heterocycles. The van der Waals surface area contributed by atoms with Crippen molar-refractivity contribution in [3.05, 3.63) is 0 Å². The van der Waals surface area contributed by atoms with Gasteiger partial charge in [0, 0.05) is 38.3 Å². The van der Waals surface area contributed by atoms with Crippen LogP contribution in [0.25, 0.3) is 0 Å². The fraction of sp³-hybridized carbons (Fsp3) is 0.906. The number of hydrogen-bond acceptors (Lipinski definition) is 14. The molecule has 3 saturated heterocycles. The van der Waals surface area contributed by atoms with E-state index in [1.807, 2.05) is 0 Å². The van der Waals surface area contributed by atoms with Gasteiger partial charge in [0.1, 0.15) is 33.3 Å². The fourth-order valence-electron chi connectivity index (χ4n) is 8.08. The van der Waals surface area contributed by atoms with Crippen molar-refractivity contribution >= 4 is 48.4 Å². The molecule has 3 rings (SSSR count). The molecule has 3 fully saturated rings. The van der Waals surface area contributed by atoms with Crippen molar-refractivity contribution in [2.45, 2.75) is 36.3 Å². The Labute approximate surface area is 311 Å². The zero-order chi connectivity index (χ0) is 37.6. The largest absolute Gasteiger partial charge is 0.870 e. The molecule has 3 atom stereocenters. The Hall–Kier alpha value is 0.290. The molecule has 0 amide bonds. The van der Waals surface area contributed by atoms with Crippen LogP contribution >= 0.6 is 32.1 Å². The van der Waals surface area contributed by atoms with E-state index in [0.717, 1.165) is 37.7 Å². The van der Waals surface area contributed by atoms with Gasteiger partial charge in [-0.2, -0.15) is 0 Å². The Kier molecular flexibility index (Phi) is 16.2. The van der Waals surface area contributed by atoms with Crippen LogP contribution in [0.2, 0.25) is 0 Å².